The molecule has 2 fully saturated rings. The van der Waals surface area contributed by atoms with E-state index >= 15 is 0 Å². The molecule has 3 heteroatoms. The molecule has 102 valence electrons. The zero-order valence-electron chi connectivity index (χ0n) is 12.0. The van der Waals surface area contributed by atoms with E-state index in [-0.39, 0.29) is 5.54 Å². The average molecular weight is 250 g/mol. The van der Waals surface area contributed by atoms with Crippen LogP contribution < -0.4 is 0 Å². The Hall–Kier alpha value is -0.590. The lowest BCUT2D eigenvalue weighted by Crippen LogP contribution is -2.60. The summed E-state index contributed by atoms with van der Waals surface area (Å²) in [5.41, 5.74) is -0.240. The van der Waals surface area contributed by atoms with Crippen LogP contribution in [-0.2, 0) is 4.74 Å². The first kappa shape index (κ1) is 13.8. The summed E-state index contributed by atoms with van der Waals surface area (Å²) >= 11 is 0. The lowest BCUT2D eigenvalue weighted by molar-refractivity contribution is -0.0546. The monoisotopic (exact) mass is 250 g/mol. The summed E-state index contributed by atoms with van der Waals surface area (Å²) in [6.07, 6.45) is 3.51. The lowest BCUT2D eigenvalue weighted by Gasteiger charge is -2.51. The van der Waals surface area contributed by atoms with Gasteiger partial charge in [0.15, 0.2) is 0 Å². The van der Waals surface area contributed by atoms with Crippen LogP contribution in [0, 0.1) is 29.1 Å². The van der Waals surface area contributed by atoms with E-state index in [0.29, 0.717) is 17.8 Å². The molecule has 1 aliphatic carbocycles. The van der Waals surface area contributed by atoms with E-state index in [4.69, 9.17) is 4.74 Å². The summed E-state index contributed by atoms with van der Waals surface area (Å²) < 4.78 is 5.45. The van der Waals surface area contributed by atoms with Crippen molar-refractivity contribution in [2.45, 2.75) is 45.6 Å². The molecule has 1 saturated heterocycles. The fraction of sp³-hybridized carbons (Fsp3) is 0.933. The van der Waals surface area contributed by atoms with Crippen molar-refractivity contribution in [3.05, 3.63) is 0 Å². The van der Waals surface area contributed by atoms with Crippen molar-refractivity contribution in [2.24, 2.45) is 17.8 Å². The smallest absolute Gasteiger partial charge is 0.112 e. The summed E-state index contributed by atoms with van der Waals surface area (Å²) in [5, 5.41) is 9.90. The van der Waals surface area contributed by atoms with Crippen molar-refractivity contribution in [3.8, 4) is 6.07 Å². The van der Waals surface area contributed by atoms with Gasteiger partial charge in [-0.25, -0.2) is 0 Å². The third-order valence-corrected chi connectivity index (χ3v) is 4.82. The topological polar surface area (TPSA) is 36.3 Å². The second kappa shape index (κ2) is 5.59. The number of morpholine rings is 1. The van der Waals surface area contributed by atoms with Gasteiger partial charge in [0.1, 0.15) is 5.54 Å². The lowest BCUT2D eigenvalue weighted by atomic mass is 9.64. The highest BCUT2D eigenvalue weighted by atomic mass is 16.5. The van der Waals surface area contributed by atoms with Crippen molar-refractivity contribution in [1.29, 1.82) is 5.26 Å². The number of ether oxygens (including phenoxy) is 1. The Morgan fingerprint density at radius 1 is 1.28 bits per heavy atom. The van der Waals surface area contributed by atoms with Gasteiger partial charge >= 0.3 is 0 Å². The molecule has 0 N–H and O–H groups in total. The molecule has 2 aliphatic rings. The van der Waals surface area contributed by atoms with E-state index < -0.39 is 0 Å². The Morgan fingerprint density at radius 2 is 1.94 bits per heavy atom. The second-order valence-corrected chi connectivity index (χ2v) is 6.37. The minimum atomic E-state index is -0.240. The van der Waals surface area contributed by atoms with Crippen molar-refractivity contribution in [3.63, 3.8) is 0 Å². The summed E-state index contributed by atoms with van der Waals surface area (Å²) in [4.78, 5) is 2.41. The van der Waals surface area contributed by atoms with Crippen molar-refractivity contribution >= 4 is 0 Å². The zero-order valence-corrected chi connectivity index (χ0v) is 12.0. The van der Waals surface area contributed by atoms with Gasteiger partial charge in [0, 0.05) is 13.1 Å². The molecule has 0 bridgehead atoms. The van der Waals surface area contributed by atoms with Gasteiger partial charge in [0.05, 0.1) is 19.3 Å². The maximum absolute atomic E-state index is 9.90. The molecule has 18 heavy (non-hydrogen) atoms. The molecule has 0 aromatic carbocycles. The maximum atomic E-state index is 9.90. The number of hydrogen-bond donors (Lipinski definition) is 0. The standard InChI is InChI=1S/C15H26N2O/c1-12(2)14-5-4-13(3)10-15(14,11-16)17-6-8-18-9-7-17/h12-14H,4-10H2,1-3H3. The van der Waals surface area contributed by atoms with Crippen LogP contribution >= 0.6 is 0 Å². The Kier molecular flexibility index (Phi) is 4.29. The molecule has 1 heterocycles. The van der Waals surface area contributed by atoms with Crippen LogP contribution in [0.25, 0.3) is 0 Å². The van der Waals surface area contributed by atoms with Crippen molar-refractivity contribution < 1.29 is 4.74 Å². The Balaban J connectivity index is 2.26. The minimum Gasteiger partial charge on any atom is -0.379 e. The summed E-state index contributed by atoms with van der Waals surface area (Å²) in [5.74, 6) is 1.76. The molecule has 3 atom stereocenters. The molecule has 0 spiro atoms. The Labute approximate surface area is 111 Å². The molecule has 0 amide bonds. The first-order valence-electron chi connectivity index (χ1n) is 7.34. The van der Waals surface area contributed by atoms with Crippen LogP contribution in [0.1, 0.15) is 40.0 Å². The normalized spacial score (nSPS) is 38.6. The first-order valence-corrected chi connectivity index (χ1v) is 7.34. The van der Waals surface area contributed by atoms with Crippen LogP contribution in [0.4, 0.5) is 0 Å². The molecule has 3 nitrogen and oxygen atoms in total. The molecule has 1 saturated carbocycles. The third kappa shape index (κ3) is 2.41. The molecule has 0 aromatic rings. The number of nitrogens with zero attached hydrogens (tertiary/aromatic N) is 2. The van der Waals surface area contributed by atoms with Crippen LogP contribution in [0.5, 0.6) is 0 Å². The summed E-state index contributed by atoms with van der Waals surface area (Å²) in [6.45, 7) is 10.2. The van der Waals surface area contributed by atoms with Crippen molar-refractivity contribution in [1.82, 2.24) is 4.90 Å². The van der Waals surface area contributed by atoms with Gasteiger partial charge in [0.2, 0.25) is 0 Å². The van der Waals surface area contributed by atoms with Gasteiger partial charge in [-0.1, -0.05) is 27.2 Å². The zero-order chi connectivity index (χ0) is 13.2. The predicted molar refractivity (Wildman–Crippen MR) is 72.1 cm³/mol. The number of rotatable bonds is 2. The van der Waals surface area contributed by atoms with E-state index in [2.05, 4.69) is 31.7 Å². The number of nitriles is 1. The first-order chi connectivity index (χ1) is 8.60. The van der Waals surface area contributed by atoms with Crippen LogP contribution in [0.3, 0.4) is 0 Å². The molecular formula is C15H26N2O. The number of hydrogen-bond acceptors (Lipinski definition) is 3. The highest BCUT2D eigenvalue weighted by Crippen LogP contribution is 2.44. The molecule has 3 unspecified atom stereocenters. The van der Waals surface area contributed by atoms with Gasteiger partial charge < -0.3 is 4.74 Å². The van der Waals surface area contributed by atoms with E-state index in [9.17, 15) is 5.26 Å². The largest absolute Gasteiger partial charge is 0.379 e. The molecule has 1 aliphatic heterocycles. The van der Waals surface area contributed by atoms with E-state index in [0.717, 1.165) is 32.7 Å². The minimum absolute atomic E-state index is 0.240. The quantitative estimate of drug-likeness (QED) is 0.756. The van der Waals surface area contributed by atoms with Gasteiger partial charge in [-0.3, -0.25) is 4.90 Å². The van der Waals surface area contributed by atoms with Crippen LogP contribution in [-0.4, -0.2) is 36.7 Å². The van der Waals surface area contributed by atoms with Crippen LogP contribution in [0.15, 0.2) is 0 Å². The van der Waals surface area contributed by atoms with E-state index in [1.807, 2.05) is 0 Å². The SMILES string of the molecule is CC1CCC(C(C)C)C(C#N)(N2CCOCC2)C1. The van der Waals surface area contributed by atoms with Crippen molar-refractivity contribution in [2.75, 3.05) is 26.3 Å². The predicted octanol–water partition coefficient (Wildman–Crippen LogP) is 2.67. The highest BCUT2D eigenvalue weighted by molar-refractivity contribution is 5.15. The summed E-state index contributed by atoms with van der Waals surface area (Å²) in [7, 11) is 0. The molecule has 2 rings (SSSR count). The fourth-order valence-electron chi connectivity index (χ4n) is 3.90. The van der Waals surface area contributed by atoms with Gasteiger partial charge in [0.25, 0.3) is 0 Å². The highest BCUT2D eigenvalue weighted by Gasteiger charge is 2.48. The third-order valence-electron chi connectivity index (χ3n) is 4.82. The molecule has 0 radical (unpaired) electrons. The second-order valence-electron chi connectivity index (χ2n) is 6.37. The van der Waals surface area contributed by atoms with E-state index in [1.54, 1.807) is 0 Å². The Morgan fingerprint density at radius 3 is 2.50 bits per heavy atom. The van der Waals surface area contributed by atoms with E-state index in [1.165, 1.54) is 12.8 Å². The van der Waals surface area contributed by atoms with Gasteiger partial charge in [-0.15, -0.1) is 0 Å². The van der Waals surface area contributed by atoms with Crippen LogP contribution in [0.2, 0.25) is 0 Å². The maximum Gasteiger partial charge on any atom is 0.112 e. The average Bonchev–Trinajstić information content (AvgIpc) is 2.39. The summed E-state index contributed by atoms with van der Waals surface area (Å²) in [6, 6.07) is 2.72. The molecular weight excluding hydrogens is 224 g/mol. The molecule has 0 aromatic heterocycles. The van der Waals surface area contributed by atoms with Gasteiger partial charge in [-0.05, 0) is 30.6 Å². The Bertz CT molecular complexity index is 317. The van der Waals surface area contributed by atoms with Gasteiger partial charge in [-0.2, -0.15) is 5.26 Å². The fourth-order valence-corrected chi connectivity index (χ4v) is 3.90.